The van der Waals surface area contributed by atoms with Crippen molar-refractivity contribution in [2.75, 3.05) is 5.73 Å². The number of para-hydroxylation sites is 1. The van der Waals surface area contributed by atoms with Crippen LogP contribution in [0, 0.1) is 0 Å². The SMILES string of the molecule is Nc1cc(-c2ccccc2)n(-c2nc3ccccc3s2)n1. The van der Waals surface area contributed by atoms with Gasteiger partial charge >= 0.3 is 0 Å². The van der Waals surface area contributed by atoms with Crippen LogP contribution in [0.2, 0.25) is 0 Å². The van der Waals surface area contributed by atoms with Crippen LogP contribution in [0.1, 0.15) is 0 Å². The van der Waals surface area contributed by atoms with Crippen molar-refractivity contribution in [3.05, 3.63) is 60.7 Å². The van der Waals surface area contributed by atoms with Gasteiger partial charge in [0.15, 0.2) is 0 Å². The number of rotatable bonds is 2. The van der Waals surface area contributed by atoms with Gasteiger partial charge in [0, 0.05) is 11.6 Å². The molecule has 0 fully saturated rings. The zero-order valence-corrected chi connectivity index (χ0v) is 11.9. The Morgan fingerprint density at radius 3 is 2.52 bits per heavy atom. The molecular weight excluding hydrogens is 280 g/mol. The van der Waals surface area contributed by atoms with Crippen LogP contribution in [-0.2, 0) is 0 Å². The molecular formula is C16H12N4S. The summed E-state index contributed by atoms with van der Waals surface area (Å²) in [4.78, 5) is 4.65. The third-order valence-corrected chi connectivity index (χ3v) is 4.27. The van der Waals surface area contributed by atoms with Crippen molar-refractivity contribution < 1.29 is 0 Å². The molecule has 2 heterocycles. The van der Waals surface area contributed by atoms with Gasteiger partial charge in [-0.3, -0.25) is 0 Å². The van der Waals surface area contributed by atoms with Crippen molar-refractivity contribution in [3.63, 3.8) is 0 Å². The lowest BCUT2D eigenvalue weighted by atomic mass is 10.1. The van der Waals surface area contributed by atoms with Crippen molar-refractivity contribution >= 4 is 27.4 Å². The first-order valence-corrected chi connectivity index (χ1v) is 7.40. The van der Waals surface area contributed by atoms with Crippen LogP contribution in [0.4, 0.5) is 5.82 Å². The second-order valence-corrected chi connectivity index (χ2v) is 5.71. The second-order valence-electron chi connectivity index (χ2n) is 4.70. The monoisotopic (exact) mass is 292 g/mol. The third-order valence-electron chi connectivity index (χ3n) is 3.26. The fourth-order valence-electron chi connectivity index (χ4n) is 2.31. The topological polar surface area (TPSA) is 56.7 Å². The molecule has 0 saturated carbocycles. The molecule has 0 aliphatic rings. The number of hydrogen-bond acceptors (Lipinski definition) is 4. The smallest absolute Gasteiger partial charge is 0.212 e. The number of nitrogens with zero attached hydrogens (tertiary/aromatic N) is 3. The minimum Gasteiger partial charge on any atom is -0.382 e. The molecule has 0 saturated heterocycles. The Hall–Kier alpha value is -2.66. The number of fused-ring (bicyclic) bond motifs is 1. The molecule has 0 radical (unpaired) electrons. The predicted molar refractivity (Wildman–Crippen MR) is 86.6 cm³/mol. The summed E-state index contributed by atoms with van der Waals surface area (Å²) in [6.07, 6.45) is 0. The van der Waals surface area contributed by atoms with E-state index < -0.39 is 0 Å². The van der Waals surface area contributed by atoms with Gasteiger partial charge in [-0.25, -0.2) is 9.67 Å². The number of benzene rings is 2. The van der Waals surface area contributed by atoms with Gasteiger partial charge < -0.3 is 5.73 Å². The van der Waals surface area contributed by atoms with E-state index in [4.69, 9.17) is 5.73 Å². The zero-order chi connectivity index (χ0) is 14.2. The Balaban J connectivity index is 1.92. The molecule has 102 valence electrons. The summed E-state index contributed by atoms with van der Waals surface area (Å²) in [5.41, 5.74) is 8.89. The summed E-state index contributed by atoms with van der Waals surface area (Å²) < 4.78 is 2.95. The highest BCUT2D eigenvalue weighted by Crippen LogP contribution is 2.29. The van der Waals surface area contributed by atoms with Crippen LogP contribution in [0.25, 0.3) is 26.6 Å². The Kier molecular flexibility index (Phi) is 2.72. The molecule has 2 aromatic carbocycles. The highest BCUT2D eigenvalue weighted by Gasteiger charge is 2.13. The fraction of sp³-hybridized carbons (Fsp3) is 0. The molecule has 4 aromatic rings. The standard InChI is InChI=1S/C16H12N4S/c17-15-10-13(11-6-2-1-3-7-11)20(19-15)16-18-12-8-4-5-9-14(12)21-16/h1-10H,(H2,17,19). The van der Waals surface area contributed by atoms with Crippen LogP contribution >= 0.6 is 11.3 Å². The summed E-state index contributed by atoms with van der Waals surface area (Å²) in [6.45, 7) is 0. The van der Waals surface area contributed by atoms with Crippen LogP contribution in [0.5, 0.6) is 0 Å². The van der Waals surface area contributed by atoms with E-state index in [1.165, 1.54) is 0 Å². The average molecular weight is 292 g/mol. The first-order valence-electron chi connectivity index (χ1n) is 6.58. The first-order chi connectivity index (χ1) is 10.3. The molecule has 0 aliphatic heterocycles. The highest BCUT2D eigenvalue weighted by atomic mass is 32.1. The van der Waals surface area contributed by atoms with Gasteiger partial charge in [-0.05, 0) is 12.1 Å². The Labute approximate surface area is 125 Å². The van der Waals surface area contributed by atoms with Crippen molar-refractivity contribution in [1.82, 2.24) is 14.8 Å². The Bertz CT molecular complexity index is 875. The van der Waals surface area contributed by atoms with Gasteiger partial charge in [-0.2, -0.15) is 0 Å². The molecule has 0 spiro atoms. The van der Waals surface area contributed by atoms with Crippen molar-refractivity contribution in [2.45, 2.75) is 0 Å². The van der Waals surface area contributed by atoms with Gasteiger partial charge in [0.05, 0.1) is 15.9 Å². The molecule has 0 bridgehead atoms. The second kappa shape index (κ2) is 4.71. The number of aromatic nitrogens is 3. The quantitative estimate of drug-likeness (QED) is 0.612. The average Bonchev–Trinajstić information content (AvgIpc) is 3.11. The molecule has 0 unspecified atom stereocenters. The summed E-state index contributed by atoms with van der Waals surface area (Å²) >= 11 is 1.61. The van der Waals surface area contributed by atoms with Gasteiger partial charge in [-0.15, -0.1) is 5.10 Å². The lowest BCUT2D eigenvalue weighted by Gasteiger charge is -2.03. The first kappa shape index (κ1) is 12.1. The van der Waals surface area contributed by atoms with E-state index in [-0.39, 0.29) is 0 Å². The van der Waals surface area contributed by atoms with Crippen molar-refractivity contribution in [2.24, 2.45) is 0 Å². The van der Waals surface area contributed by atoms with E-state index in [1.807, 2.05) is 59.3 Å². The van der Waals surface area contributed by atoms with E-state index in [0.29, 0.717) is 5.82 Å². The van der Waals surface area contributed by atoms with Crippen LogP contribution in [0.3, 0.4) is 0 Å². The zero-order valence-electron chi connectivity index (χ0n) is 11.1. The third kappa shape index (κ3) is 2.08. The fourth-order valence-corrected chi connectivity index (χ4v) is 3.24. The molecule has 4 nitrogen and oxygen atoms in total. The maximum atomic E-state index is 5.89. The molecule has 0 amide bonds. The van der Waals surface area contributed by atoms with E-state index in [1.54, 1.807) is 11.3 Å². The normalized spacial score (nSPS) is 11.0. The lowest BCUT2D eigenvalue weighted by molar-refractivity contribution is 0.885. The predicted octanol–water partition coefficient (Wildman–Crippen LogP) is 3.73. The molecule has 4 rings (SSSR count). The molecule has 5 heteroatoms. The lowest BCUT2D eigenvalue weighted by Crippen LogP contribution is -1.98. The molecule has 21 heavy (non-hydrogen) atoms. The minimum atomic E-state index is 0.494. The minimum absolute atomic E-state index is 0.494. The van der Waals surface area contributed by atoms with Crippen LogP contribution in [0.15, 0.2) is 60.7 Å². The Morgan fingerprint density at radius 2 is 1.71 bits per heavy atom. The van der Waals surface area contributed by atoms with E-state index >= 15 is 0 Å². The van der Waals surface area contributed by atoms with Gasteiger partial charge in [0.2, 0.25) is 5.13 Å². The largest absolute Gasteiger partial charge is 0.382 e. The van der Waals surface area contributed by atoms with Crippen molar-refractivity contribution in [1.29, 1.82) is 0 Å². The maximum Gasteiger partial charge on any atom is 0.212 e. The number of anilines is 1. The number of nitrogen functional groups attached to an aromatic ring is 1. The summed E-state index contributed by atoms with van der Waals surface area (Å²) in [5, 5.41) is 5.22. The summed E-state index contributed by atoms with van der Waals surface area (Å²) in [7, 11) is 0. The van der Waals surface area contributed by atoms with Gasteiger partial charge in [0.25, 0.3) is 0 Å². The molecule has 2 N–H and O–H groups in total. The van der Waals surface area contributed by atoms with Crippen molar-refractivity contribution in [3.8, 4) is 16.4 Å². The highest BCUT2D eigenvalue weighted by molar-refractivity contribution is 7.20. The number of hydrogen-bond donors (Lipinski definition) is 1. The molecule has 2 aromatic heterocycles. The maximum absolute atomic E-state index is 5.89. The van der Waals surface area contributed by atoms with E-state index in [9.17, 15) is 0 Å². The van der Waals surface area contributed by atoms with Gasteiger partial charge in [-0.1, -0.05) is 53.8 Å². The van der Waals surface area contributed by atoms with E-state index in [0.717, 1.165) is 26.6 Å². The van der Waals surface area contributed by atoms with Crippen LogP contribution in [-0.4, -0.2) is 14.8 Å². The summed E-state index contributed by atoms with van der Waals surface area (Å²) in [5.74, 6) is 0.494. The van der Waals surface area contributed by atoms with E-state index in [2.05, 4.69) is 16.1 Å². The molecule has 0 atom stereocenters. The summed E-state index contributed by atoms with van der Waals surface area (Å²) in [6, 6.07) is 20.0. The number of thiazole rings is 1. The van der Waals surface area contributed by atoms with Gasteiger partial charge in [0.1, 0.15) is 5.82 Å². The van der Waals surface area contributed by atoms with Crippen LogP contribution < -0.4 is 5.73 Å². The Morgan fingerprint density at radius 1 is 0.952 bits per heavy atom. The number of nitrogens with two attached hydrogens (primary N) is 1. The molecule has 0 aliphatic carbocycles.